The summed E-state index contributed by atoms with van der Waals surface area (Å²) in [4.78, 5) is 0. The van der Waals surface area contributed by atoms with Crippen molar-refractivity contribution in [1.82, 2.24) is 0 Å². The molecule has 0 amide bonds. The second-order valence-electron chi connectivity index (χ2n) is 9.23. The van der Waals surface area contributed by atoms with E-state index in [9.17, 15) is 4.39 Å². The molecule has 2 fully saturated rings. The lowest BCUT2D eigenvalue weighted by Gasteiger charge is -2.42. The van der Waals surface area contributed by atoms with Gasteiger partial charge in [0.05, 0.1) is 0 Å². The van der Waals surface area contributed by atoms with E-state index in [1.165, 1.54) is 69.1 Å². The van der Waals surface area contributed by atoms with E-state index in [2.05, 4.69) is 55.2 Å². The Balaban J connectivity index is 1.32. The Morgan fingerprint density at radius 2 is 1.47 bits per heavy atom. The minimum Gasteiger partial charge on any atom is -0.207 e. The van der Waals surface area contributed by atoms with Crippen LogP contribution in [0, 0.1) is 35.4 Å². The fraction of sp³-hybridized carbons (Fsp3) is 0.448. The molecule has 4 unspecified atom stereocenters. The predicted molar refractivity (Wildman–Crippen MR) is 124 cm³/mol. The maximum atomic E-state index is 13.0. The maximum absolute atomic E-state index is 13.0. The maximum Gasteiger partial charge on any atom is 0.123 e. The Bertz CT molecular complexity index is 894. The molecule has 2 aromatic rings. The molecule has 0 aliphatic heterocycles. The van der Waals surface area contributed by atoms with Crippen molar-refractivity contribution < 1.29 is 4.39 Å². The molecular formula is C29H33F. The summed E-state index contributed by atoms with van der Waals surface area (Å²) in [6.45, 7) is 2.13. The molecule has 1 heteroatoms. The lowest BCUT2D eigenvalue weighted by molar-refractivity contribution is 0.115. The molecule has 4 atom stereocenters. The fourth-order valence-electron chi connectivity index (χ4n) is 5.57. The van der Waals surface area contributed by atoms with Crippen molar-refractivity contribution in [1.29, 1.82) is 0 Å². The van der Waals surface area contributed by atoms with Gasteiger partial charge in [0.25, 0.3) is 0 Å². The molecule has 0 spiro atoms. The molecule has 0 bridgehead atoms. The van der Waals surface area contributed by atoms with Gasteiger partial charge in [-0.2, -0.15) is 0 Å². The Kier molecular flexibility index (Phi) is 7.06. The number of allylic oxidation sites excluding steroid dienone is 2. The zero-order chi connectivity index (χ0) is 20.8. The average molecular weight is 401 g/mol. The molecule has 0 N–H and O–H groups in total. The fourth-order valence-corrected chi connectivity index (χ4v) is 5.57. The molecular weight excluding hydrogens is 367 g/mol. The first-order chi connectivity index (χ1) is 14.7. The van der Waals surface area contributed by atoms with Gasteiger partial charge in [0.2, 0.25) is 0 Å². The third kappa shape index (κ3) is 5.42. The largest absolute Gasteiger partial charge is 0.207 e. The molecule has 0 radical (unpaired) electrons. The molecule has 2 aliphatic carbocycles. The van der Waals surface area contributed by atoms with E-state index in [1.807, 2.05) is 0 Å². The van der Waals surface area contributed by atoms with Gasteiger partial charge in [-0.1, -0.05) is 42.5 Å². The second kappa shape index (κ2) is 10.1. The molecule has 4 rings (SSSR count). The zero-order valence-electron chi connectivity index (χ0n) is 18.1. The van der Waals surface area contributed by atoms with Crippen LogP contribution in [0.5, 0.6) is 0 Å². The number of halogens is 1. The molecule has 0 saturated heterocycles. The Morgan fingerprint density at radius 1 is 0.833 bits per heavy atom. The third-order valence-electron chi connectivity index (χ3n) is 7.28. The first kappa shape index (κ1) is 20.9. The summed E-state index contributed by atoms with van der Waals surface area (Å²) in [5.41, 5.74) is 3.36. The van der Waals surface area contributed by atoms with Gasteiger partial charge >= 0.3 is 0 Å². The van der Waals surface area contributed by atoms with Gasteiger partial charge in [-0.25, -0.2) is 4.39 Å². The minimum atomic E-state index is -0.221. The summed E-state index contributed by atoms with van der Waals surface area (Å²) in [5, 5.41) is 0. The summed E-state index contributed by atoms with van der Waals surface area (Å²) < 4.78 is 13.0. The Hall–Kier alpha value is -2.33. The zero-order valence-corrected chi connectivity index (χ0v) is 18.1. The highest BCUT2D eigenvalue weighted by atomic mass is 19.1. The Morgan fingerprint density at radius 3 is 2.17 bits per heavy atom. The number of fused-ring (bicyclic) bond motifs is 1. The molecule has 2 aromatic carbocycles. The molecule has 0 nitrogen and oxygen atoms in total. The Labute approximate surface area is 181 Å². The predicted octanol–water partition coefficient (Wildman–Crippen LogP) is 7.88. The van der Waals surface area contributed by atoms with E-state index in [-0.39, 0.29) is 5.82 Å². The molecule has 0 aromatic heterocycles. The number of hydrogen-bond donors (Lipinski definition) is 0. The highest BCUT2D eigenvalue weighted by molar-refractivity contribution is 5.43. The van der Waals surface area contributed by atoms with Crippen LogP contribution in [0.15, 0.2) is 60.7 Å². The first-order valence-corrected chi connectivity index (χ1v) is 11.7. The topological polar surface area (TPSA) is 0 Å². The van der Waals surface area contributed by atoms with Crippen molar-refractivity contribution in [2.24, 2.45) is 17.8 Å². The van der Waals surface area contributed by atoms with Gasteiger partial charge in [0.15, 0.2) is 0 Å². The van der Waals surface area contributed by atoms with Gasteiger partial charge in [-0.3, -0.25) is 0 Å². The van der Waals surface area contributed by atoms with Crippen LogP contribution in [-0.2, 0) is 0 Å². The number of hydrogen-bond acceptors (Lipinski definition) is 0. The van der Waals surface area contributed by atoms with Crippen LogP contribution in [0.2, 0.25) is 0 Å². The SMILES string of the molecule is C/C=C/CCC1CCC2CC(c3ccc(C#Cc4ccc(F)cc4)cc3)CCC2C1. The van der Waals surface area contributed by atoms with E-state index in [4.69, 9.17) is 0 Å². The average Bonchev–Trinajstić information content (AvgIpc) is 2.79. The molecule has 156 valence electrons. The van der Waals surface area contributed by atoms with Crippen LogP contribution in [0.1, 0.15) is 80.9 Å². The smallest absolute Gasteiger partial charge is 0.123 e. The third-order valence-corrected chi connectivity index (χ3v) is 7.28. The van der Waals surface area contributed by atoms with E-state index >= 15 is 0 Å². The van der Waals surface area contributed by atoms with Crippen LogP contribution in [0.25, 0.3) is 0 Å². The highest BCUT2D eigenvalue weighted by Crippen LogP contribution is 2.48. The van der Waals surface area contributed by atoms with Crippen molar-refractivity contribution in [2.45, 2.75) is 64.2 Å². The number of benzene rings is 2. The lowest BCUT2D eigenvalue weighted by atomic mass is 9.63. The first-order valence-electron chi connectivity index (χ1n) is 11.7. The van der Waals surface area contributed by atoms with Crippen LogP contribution in [-0.4, -0.2) is 0 Å². The van der Waals surface area contributed by atoms with E-state index in [1.54, 1.807) is 12.1 Å². The molecule has 2 saturated carbocycles. The highest BCUT2D eigenvalue weighted by Gasteiger charge is 2.35. The van der Waals surface area contributed by atoms with E-state index in [0.717, 1.165) is 28.9 Å². The van der Waals surface area contributed by atoms with Crippen LogP contribution < -0.4 is 0 Å². The minimum absolute atomic E-state index is 0.221. The van der Waals surface area contributed by atoms with Crippen molar-refractivity contribution >= 4 is 0 Å². The number of rotatable bonds is 4. The van der Waals surface area contributed by atoms with Crippen LogP contribution in [0.3, 0.4) is 0 Å². The quantitative estimate of drug-likeness (QED) is 0.362. The van der Waals surface area contributed by atoms with Gasteiger partial charge in [0, 0.05) is 11.1 Å². The lowest BCUT2D eigenvalue weighted by Crippen LogP contribution is -2.30. The summed E-state index contributed by atoms with van der Waals surface area (Å²) in [6.07, 6.45) is 15.6. The standard InChI is InChI=1S/C29H33F/c1-2-3-4-5-24-10-15-28-21-27(17-16-26(28)20-24)25-13-8-22(9-14-25)6-7-23-11-18-29(30)19-12-23/h2-3,8-9,11-14,18-19,24,26-28H,4-5,10,15-17,20-21H2,1H3/b3-2+. The van der Waals surface area contributed by atoms with E-state index in [0.29, 0.717) is 5.92 Å². The van der Waals surface area contributed by atoms with Crippen molar-refractivity contribution in [2.75, 3.05) is 0 Å². The van der Waals surface area contributed by atoms with Crippen LogP contribution in [0.4, 0.5) is 4.39 Å². The molecule has 30 heavy (non-hydrogen) atoms. The van der Waals surface area contributed by atoms with E-state index < -0.39 is 0 Å². The van der Waals surface area contributed by atoms with Gasteiger partial charge in [-0.15, -0.1) is 0 Å². The summed E-state index contributed by atoms with van der Waals surface area (Å²) >= 11 is 0. The summed E-state index contributed by atoms with van der Waals surface area (Å²) in [5.74, 6) is 9.67. The van der Waals surface area contributed by atoms with Crippen molar-refractivity contribution in [3.63, 3.8) is 0 Å². The summed E-state index contributed by atoms with van der Waals surface area (Å²) in [7, 11) is 0. The van der Waals surface area contributed by atoms with Gasteiger partial charge < -0.3 is 0 Å². The van der Waals surface area contributed by atoms with Crippen molar-refractivity contribution in [3.8, 4) is 11.8 Å². The monoisotopic (exact) mass is 400 g/mol. The second-order valence-corrected chi connectivity index (χ2v) is 9.23. The van der Waals surface area contributed by atoms with Crippen LogP contribution >= 0.6 is 0 Å². The summed E-state index contributed by atoms with van der Waals surface area (Å²) in [6, 6.07) is 15.2. The molecule has 0 heterocycles. The van der Waals surface area contributed by atoms with Gasteiger partial charge in [0.1, 0.15) is 5.82 Å². The molecule has 2 aliphatic rings. The van der Waals surface area contributed by atoms with Crippen molar-refractivity contribution in [3.05, 3.63) is 83.2 Å². The normalized spacial score (nSPS) is 26.1. The van der Waals surface area contributed by atoms with Gasteiger partial charge in [-0.05, 0) is 118 Å².